The van der Waals surface area contributed by atoms with Crippen molar-refractivity contribution in [2.24, 2.45) is 5.92 Å². The number of morpholine rings is 1. The van der Waals surface area contributed by atoms with Gasteiger partial charge in [-0.2, -0.15) is 5.26 Å². The summed E-state index contributed by atoms with van der Waals surface area (Å²) in [6.45, 7) is 7.36. The van der Waals surface area contributed by atoms with Crippen LogP contribution in [0.3, 0.4) is 0 Å². The van der Waals surface area contributed by atoms with E-state index in [1.807, 2.05) is 12.1 Å². The molecule has 1 aliphatic carbocycles. The van der Waals surface area contributed by atoms with E-state index < -0.39 is 0 Å². The van der Waals surface area contributed by atoms with E-state index in [2.05, 4.69) is 17.9 Å². The van der Waals surface area contributed by atoms with Crippen molar-refractivity contribution in [3.05, 3.63) is 29.7 Å². The van der Waals surface area contributed by atoms with Gasteiger partial charge in [-0.25, -0.2) is 0 Å². The van der Waals surface area contributed by atoms with E-state index in [9.17, 15) is 4.79 Å². The van der Waals surface area contributed by atoms with Crippen LogP contribution in [0.4, 0.5) is 0 Å². The van der Waals surface area contributed by atoms with E-state index in [0.29, 0.717) is 37.1 Å². The zero-order valence-corrected chi connectivity index (χ0v) is 15.4. The maximum atomic E-state index is 12.5. The quantitative estimate of drug-likeness (QED) is 0.669. The Kier molecular flexibility index (Phi) is 6.48. The van der Waals surface area contributed by atoms with Gasteiger partial charge in [-0.3, -0.25) is 9.69 Å². The van der Waals surface area contributed by atoms with Gasteiger partial charge in [0.15, 0.2) is 0 Å². The highest BCUT2D eigenvalue weighted by Gasteiger charge is 2.36. The van der Waals surface area contributed by atoms with Crippen LogP contribution in [-0.4, -0.2) is 61.6 Å². The first-order valence-corrected chi connectivity index (χ1v) is 9.41. The Morgan fingerprint density at radius 2 is 2.15 bits per heavy atom. The lowest BCUT2D eigenvalue weighted by molar-refractivity contribution is -0.126. The molecule has 140 valence electrons. The lowest BCUT2D eigenvalue weighted by Crippen LogP contribution is -2.43. The normalized spacial score (nSPS) is 23.1. The molecular formula is C20H27N3O3. The minimum absolute atomic E-state index is 0.0775. The fourth-order valence-corrected chi connectivity index (χ4v) is 3.24. The molecule has 1 aliphatic heterocycles. The summed E-state index contributed by atoms with van der Waals surface area (Å²) in [6.07, 6.45) is 4.80. The number of hydrogen-bond donors (Lipinski definition) is 0. The SMILES string of the molecule is CC1CC1c1ccc(/C=C/C(=O)N(CCC#N)CCN2CCOCC2)o1. The average Bonchev–Trinajstić information content (AvgIpc) is 3.20. The third-order valence-electron chi connectivity index (χ3n) is 5.11. The van der Waals surface area contributed by atoms with E-state index in [4.69, 9.17) is 14.4 Å². The molecular weight excluding hydrogens is 330 g/mol. The highest BCUT2D eigenvalue weighted by Crippen LogP contribution is 2.47. The third-order valence-corrected chi connectivity index (χ3v) is 5.11. The molecule has 6 heteroatoms. The van der Waals surface area contributed by atoms with Crippen molar-refractivity contribution in [3.8, 4) is 6.07 Å². The van der Waals surface area contributed by atoms with Gasteiger partial charge in [0, 0.05) is 44.7 Å². The standard InChI is InChI=1S/C20H27N3O3/c1-16-15-18(16)19-5-3-17(26-19)4-6-20(24)23(8-2-7-21)10-9-22-11-13-25-14-12-22/h3-6,16,18H,2,8-15H2,1H3/b6-4+. The van der Waals surface area contributed by atoms with Crippen LogP contribution >= 0.6 is 0 Å². The molecule has 1 amide bonds. The lowest BCUT2D eigenvalue weighted by Gasteiger charge is -2.29. The zero-order valence-electron chi connectivity index (χ0n) is 15.4. The minimum Gasteiger partial charge on any atom is -0.461 e. The lowest BCUT2D eigenvalue weighted by atomic mass is 10.3. The van der Waals surface area contributed by atoms with Gasteiger partial charge in [-0.15, -0.1) is 0 Å². The first-order valence-electron chi connectivity index (χ1n) is 9.41. The van der Waals surface area contributed by atoms with Crippen LogP contribution in [0, 0.1) is 17.2 Å². The van der Waals surface area contributed by atoms with Gasteiger partial charge < -0.3 is 14.1 Å². The summed E-state index contributed by atoms with van der Waals surface area (Å²) in [4.78, 5) is 16.6. The Balaban J connectivity index is 1.53. The number of hydrogen-bond acceptors (Lipinski definition) is 5. The summed E-state index contributed by atoms with van der Waals surface area (Å²) in [5.74, 6) is 2.88. The highest BCUT2D eigenvalue weighted by atomic mass is 16.5. The number of nitrogens with zero attached hydrogens (tertiary/aromatic N) is 3. The summed E-state index contributed by atoms with van der Waals surface area (Å²) in [6, 6.07) is 6.04. The number of carbonyl (C=O) groups excluding carboxylic acids is 1. The molecule has 1 saturated carbocycles. The molecule has 1 aromatic heterocycles. The van der Waals surface area contributed by atoms with Crippen LogP contribution < -0.4 is 0 Å². The summed E-state index contributed by atoms with van der Waals surface area (Å²) in [7, 11) is 0. The highest BCUT2D eigenvalue weighted by molar-refractivity contribution is 5.91. The predicted molar refractivity (Wildman–Crippen MR) is 98.3 cm³/mol. The van der Waals surface area contributed by atoms with Crippen molar-refractivity contribution in [1.29, 1.82) is 5.26 Å². The minimum atomic E-state index is -0.0775. The Morgan fingerprint density at radius 3 is 2.85 bits per heavy atom. The van der Waals surface area contributed by atoms with E-state index >= 15 is 0 Å². The van der Waals surface area contributed by atoms with Crippen LogP contribution in [0.5, 0.6) is 0 Å². The molecule has 3 rings (SSSR count). The van der Waals surface area contributed by atoms with E-state index in [0.717, 1.165) is 38.6 Å². The third kappa shape index (κ3) is 5.20. The van der Waals surface area contributed by atoms with Gasteiger partial charge in [-0.05, 0) is 30.5 Å². The van der Waals surface area contributed by atoms with Crippen LogP contribution in [0.25, 0.3) is 6.08 Å². The van der Waals surface area contributed by atoms with Crippen LogP contribution in [0.2, 0.25) is 0 Å². The molecule has 0 radical (unpaired) electrons. The van der Waals surface area contributed by atoms with Crippen molar-refractivity contribution >= 4 is 12.0 Å². The van der Waals surface area contributed by atoms with Gasteiger partial charge in [0.2, 0.25) is 5.91 Å². The molecule has 2 heterocycles. The van der Waals surface area contributed by atoms with Gasteiger partial charge in [-0.1, -0.05) is 6.92 Å². The number of ether oxygens (including phenoxy) is 1. The second-order valence-electron chi connectivity index (χ2n) is 7.08. The van der Waals surface area contributed by atoms with E-state index in [-0.39, 0.29) is 5.91 Å². The average molecular weight is 357 g/mol. The molecule has 6 nitrogen and oxygen atoms in total. The number of rotatable bonds is 8. The van der Waals surface area contributed by atoms with Gasteiger partial charge in [0.05, 0.1) is 25.7 Å². The topological polar surface area (TPSA) is 69.7 Å². The molecule has 0 N–H and O–H groups in total. The van der Waals surface area contributed by atoms with Crippen LogP contribution in [0.1, 0.15) is 37.2 Å². The van der Waals surface area contributed by atoms with E-state index in [1.54, 1.807) is 17.1 Å². The summed E-state index contributed by atoms with van der Waals surface area (Å²) in [5.41, 5.74) is 0. The smallest absolute Gasteiger partial charge is 0.246 e. The number of amides is 1. The molecule has 2 atom stereocenters. The van der Waals surface area contributed by atoms with Crippen molar-refractivity contribution in [1.82, 2.24) is 9.80 Å². The summed E-state index contributed by atoms with van der Waals surface area (Å²) < 4.78 is 11.2. The second kappa shape index (κ2) is 9.02. The van der Waals surface area contributed by atoms with Crippen LogP contribution in [-0.2, 0) is 9.53 Å². The maximum absolute atomic E-state index is 12.5. The largest absolute Gasteiger partial charge is 0.461 e. The summed E-state index contributed by atoms with van der Waals surface area (Å²) >= 11 is 0. The molecule has 2 fully saturated rings. The van der Waals surface area contributed by atoms with Crippen molar-refractivity contribution in [2.75, 3.05) is 45.9 Å². The van der Waals surface area contributed by atoms with Gasteiger partial charge >= 0.3 is 0 Å². The first kappa shape index (κ1) is 18.7. The monoisotopic (exact) mass is 357 g/mol. The molecule has 1 saturated heterocycles. The van der Waals surface area contributed by atoms with Gasteiger partial charge in [0.1, 0.15) is 11.5 Å². The maximum Gasteiger partial charge on any atom is 0.246 e. The predicted octanol–water partition coefficient (Wildman–Crippen LogP) is 2.49. The van der Waals surface area contributed by atoms with Crippen molar-refractivity contribution < 1.29 is 13.9 Å². The molecule has 26 heavy (non-hydrogen) atoms. The Labute approximate surface area is 155 Å². The Hall–Kier alpha value is -2.10. The Bertz CT molecular complexity index is 670. The van der Waals surface area contributed by atoms with Gasteiger partial charge in [0.25, 0.3) is 0 Å². The van der Waals surface area contributed by atoms with Crippen molar-refractivity contribution in [2.45, 2.75) is 25.7 Å². The second-order valence-corrected chi connectivity index (χ2v) is 7.08. The molecule has 0 aromatic carbocycles. The fraction of sp³-hybridized carbons (Fsp3) is 0.600. The molecule has 1 aromatic rings. The van der Waals surface area contributed by atoms with E-state index in [1.165, 1.54) is 6.42 Å². The Morgan fingerprint density at radius 1 is 1.38 bits per heavy atom. The summed E-state index contributed by atoms with van der Waals surface area (Å²) in [5, 5.41) is 8.86. The molecule has 0 spiro atoms. The number of furan rings is 1. The van der Waals surface area contributed by atoms with Crippen molar-refractivity contribution in [3.63, 3.8) is 0 Å². The number of nitriles is 1. The van der Waals surface area contributed by atoms with Crippen LogP contribution in [0.15, 0.2) is 22.6 Å². The fourth-order valence-electron chi connectivity index (χ4n) is 3.24. The molecule has 2 unspecified atom stereocenters. The zero-order chi connectivity index (χ0) is 18.4. The number of carbonyl (C=O) groups is 1. The molecule has 0 bridgehead atoms. The molecule has 2 aliphatic rings. The first-order chi connectivity index (χ1) is 12.7.